The van der Waals surface area contributed by atoms with Crippen LogP contribution < -0.4 is 10.2 Å². The standard InChI is InChI=1S/C27H33F2N3O4/c1-17(2)16-32(21-6-10-36-11-7-21)25-23(13-19(15-30-25)27(26(34)35)8-3-9-27)31-24(33)12-18-4-5-20(28)14-22(18)29/h4-5,13-15,17,21H,3,6-12,16H2,1-2H3,(H,31,33)(H,34,35). The van der Waals surface area contributed by atoms with Crippen molar-refractivity contribution in [2.24, 2.45) is 5.92 Å². The Morgan fingerprint density at radius 2 is 1.94 bits per heavy atom. The van der Waals surface area contributed by atoms with Crippen molar-refractivity contribution in [2.75, 3.05) is 30.0 Å². The molecule has 1 aliphatic carbocycles. The van der Waals surface area contributed by atoms with Gasteiger partial charge in [-0.05, 0) is 54.9 Å². The largest absolute Gasteiger partial charge is 0.481 e. The summed E-state index contributed by atoms with van der Waals surface area (Å²) in [5.41, 5.74) is 0.00349. The molecule has 2 N–H and O–H groups in total. The summed E-state index contributed by atoms with van der Waals surface area (Å²) in [5.74, 6) is -2.03. The summed E-state index contributed by atoms with van der Waals surface area (Å²) in [7, 11) is 0. The molecule has 9 heteroatoms. The molecule has 1 aromatic carbocycles. The number of carbonyl (C=O) groups excluding carboxylic acids is 1. The van der Waals surface area contributed by atoms with Crippen LogP contribution >= 0.6 is 0 Å². The van der Waals surface area contributed by atoms with Gasteiger partial charge in [0.15, 0.2) is 5.82 Å². The Hall–Kier alpha value is -3.07. The van der Waals surface area contributed by atoms with Gasteiger partial charge < -0.3 is 20.1 Å². The third-order valence-corrected chi connectivity index (χ3v) is 7.14. The summed E-state index contributed by atoms with van der Waals surface area (Å²) in [6, 6.07) is 4.98. The Kier molecular flexibility index (Phi) is 7.88. The fraction of sp³-hybridized carbons (Fsp3) is 0.519. The first-order valence-electron chi connectivity index (χ1n) is 12.5. The molecule has 2 fully saturated rings. The lowest BCUT2D eigenvalue weighted by Crippen LogP contribution is -2.44. The van der Waals surface area contributed by atoms with Gasteiger partial charge in [0.2, 0.25) is 5.91 Å². The predicted molar refractivity (Wildman–Crippen MR) is 132 cm³/mol. The van der Waals surface area contributed by atoms with E-state index < -0.39 is 28.9 Å². The third-order valence-electron chi connectivity index (χ3n) is 7.14. The van der Waals surface area contributed by atoms with Crippen LogP contribution in [0.5, 0.6) is 0 Å². The van der Waals surface area contributed by atoms with E-state index in [9.17, 15) is 23.5 Å². The number of hydrogen-bond acceptors (Lipinski definition) is 5. The Balaban J connectivity index is 1.70. The van der Waals surface area contributed by atoms with Crippen molar-refractivity contribution >= 4 is 23.4 Å². The van der Waals surface area contributed by atoms with E-state index in [2.05, 4.69) is 24.1 Å². The molecule has 0 bridgehead atoms. The van der Waals surface area contributed by atoms with Crippen LogP contribution in [0.3, 0.4) is 0 Å². The molecule has 0 unspecified atom stereocenters. The molecular weight excluding hydrogens is 468 g/mol. The minimum atomic E-state index is -1.02. The number of rotatable bonds is 9. The summed E-state index contributed by atoms with van der Waals surface area (Å²) >= 11 is 0. The van der Waals surface area contributed by atoms with E-state index in [1.165, 1.54) is 6.07 Å². The second kappa shape index (κ2) is 10.9. The van der Waals surface area contributed by atoms with E-state index >= 15 is 0 Å². The highest BCUT2D eigenvalue weighted by molar-refractivity contribution is 5.95. The lowest BCUT2D eigenvalue weighted by Gasteiger charge is -2.40. The van der Waals surface area contributed by atoms with E-state index in [1.807, 2.05) is 0 Å². The molecule has 2 aliphatic rings. The highest BCUT2D eigenvalue weighted by atomic mass is 19.1. The van der Waals surface area contributed by atoms with Crippen LogP contribution in [-0.2, 0) is 26.2 Å². The summed E-state index contributed by atoms with van der Waals surface area (Å²) in [4.78, 5) is 32.0. The van der Waals surface area contributed by atoms with Crippen LogP contribution in [-0.4, -0.2) is 47.8 Å². The average Bonchev–Trinajstić information content (AvgIpc) is 2.79. The van der Waals surface area contributed by atoms with E-state index in [1.54, 1.807) is 12.3 Å². The first-order valence-corrected chi connectivity index (χ1v) is 12.5. The number of carboxylic acid groups (broad SMARTS) is 1. The SMILES string of the molecule is CC(C)CN(c1ncc(C2(C(=O)O)CCC2)cc1NC(=O)Cc1ccc(F)cc1F)C1CCOCC1. The molecule has 2 aromatic rings. The fourth-order valence-electron chi connectivity index (χ4n) is 5.03. The number of benzene rings is 1. The molecule has 1 saturated carbocycles. The number of ether oxygens (including phenoxy) is 1. The normalized spacial score (nSPS) is 17.5. The number of aliphatic carboxylic acids is 1. The number of nitrogens with zero attached hydrogens (tertiary/aromatic N) is 2. The van der Waals surface area contributed by atoms with Gasteiger partial charge in [-0.2, -0.15) is 0 Å². The molecule has 0 radical (unpaired) electrons. The zero-order valence-electron chi connectivity index (χ0n) is 20.7. The van der Waals surface area contributed by atoms with Crippen LogP contribution in [0.15, 0.2) is 30.5 Å². The van der Waals surface area contributed by atoms with Gasteiger partial charge >= 0.3 is 5.97 Å². The Bertz CT molecular complexity index is 1110. The first-order chi connectivity index (χ1) is 17.2. The van der Waals surface area contributed by atoms with Gasteiger partial charge in [-0.25, -0.2) is 13.8 Å². The molecular formula is C27H33F2N3O4. The number of aromatic nitrogens is 1. The summed E-state index contributed by atoms with van der Waals surface area (Å²) < 4.78 is 33.0. The molecule has 4 rings (SSSR count). The lowest BCUT2D eigenvalue weighted by molar-refractivity contribution is -0.147. The maximum absolute atomic E-state index is 14.2. The monoisotopic (exact) mass is 501 g/mol. The number of amides is 1. The van der Waals surface area contributed by atoms with E-state index in [0.29, 0.717) is 55.6 Å². The summed E-state index contributed by atoms with van der Waals surface area (Å²) in [6.45, 7) is 6.15. The van der Waals surface area contributed by atoms with Crippen molar-refractivity contribution in [3.05, 3.63) is 53.2 Å². The fourth-order valence-corrected chi connectivity index (χ4v) is 5.03. The first kappa shape index (κ1) is 26.0. The van der Waals surface area contributed by atoms with Crippen molar-refractivity contribution in [2.45, 2.75) is 63.8 Å². The average molecular weight is 502 g/mol. The van der Waals surface area contributed by atoms with E-state index in [-0.39, 0.29) is 18.0 Å². The number of anilines is 2. The Morgan fingerprint density at radius 1 is 1.22 bits per heavy atom. The number of halogens is 2. The molecule has 194 valence electrons. The molecule has 2 heterocycles. The second-order valence-electron chi connectivity index (χ2n) is 10.2. The van der Waals surface area contributed by atoms with Crippen molar-refractivity contribution in [1.82, 2.24) is 4.98 Å². The van der Waals surface area contributed by atoms with Crippen LogP contribution in [0.1, 0.15) is 57.1 Å². The van der Waals surface area contributed by atoms with Crippen LogP contribution in [0.25, 0.3) is 0 Å². The number of carboxylic acids is 1. The highest BCUT2D eigenvalue weighted by Crippen LogP contribution is 2.45. The zero-order chi connectivity index (χ0) is 25.9. The molecule has 0 atom stereocenters. The number of nitrogens with one attached hydrogen (secondary N) is 1. The van der Waals surface area contributed by atoms with Crippen molar-refractivity contribution in [1.29, 1.82) is 0 Å². The number of hydrogen-bond donors (Lipinski definition) is 2. The topological polar surface area (TPSA) is 91.8 Å². The van der Waals surface area contributed by atoms with Gasteiger partial charge in [-0.1, -0.05) is 26.3 Å². The number of pyridine rings is 1. The van der Waals surface area contributed by atoms with Crippen molar-refractivity contribution in [3.8, 4) is 0 Å². The molecule has 0 spiro atoms. The van der Waals surface area contributed by atoms with Gasteiger partial charge in [0, 0.05) is 38.1 Å². The van der Waals surface area contributed by atoms with Gasteiger partial charge in [-0.15, -0.1) is 0 Å². The summed E-state index contributed by atoms with van der Waals surface area (Å²) in [6.07, 6.45) is 4.76. The van der Waals surface area contributed by atoms with Gasteiger partial charge in [0.1, 0.15) is 11.6 Å². The van der Waals surface area contributed by atoms with Gasteiger partial charge in [0.25, 0.3) is 0 Å². The second-order valence-corrected chi connectivity index (χ2v) is 10.2. The maximum atomic E-state index is 14.2. The number of carbonyl (C=O) groups is 2. The molecule has 1 aliphatic heterocycles. The predicted octanol–water partition coefficient (Wildman–Crippen LogP) is 4.69. The molecule has 1 saturated heterocycles. The smallest absolute Gasteiger partial charge is 0.314 e. The minimum Gasteiger partial charge on any atom is -0.481 e. The zero-order valence-corrected chi connectivity index (χ0v) is 20.7. The van der Waals surface area contributed by atoms with Crippen LogP contribution in [0.2, 0.25) is 0 Å². The van der Waals surface area contributed by atoms with E-state index in [4.69, 9.17) is 9.72 Å². The third kappa shape index (κ3) is 5.51. The lowest BCUT2D eigenvalue weighted by atomic mass is 9.65. The van der Waals surface area contributed by atoms with Crippen LogP contribution in [0.4, 0.5) is 20.3 Å². The Morgan fingerprint density at radius 3 is 2.53 bits per heavy atom. The molecule has 1 aromatic heterocycles. The van der Waals surface area contributed by atoms with Crippen molar-refractivity contribution in [3.63, 3.8) is 0 Å². The summed E-state index contributed by atoms with van der Waals surface area (Å²) in [5, 5.41) is 12.8. The van der Waals surface area contributed by atoms with Crippen molar-refractivity contribution < 1.29 is 28.2 Å². The molecule has 1 amide bonds. The van der Waals surface area contributed by atoms with Crippen LogP contribution in [0, 0.1) is 17.6 Å². The Labute approximate surface area is 209 Å². The quantitative estimate of drug-likeness (QED) is 0.518. The van der Waals surface area contributed by atoms with Gasteiger partial charge in [-0.3, -0.25) is 9.59 Å². The molecule has 36 heavy (non-hydrogen) atoms. The highest BCUT2D eigenvalue weighted by Gasteiger charge is 2.46. The minimum absolute atomic E-state index is 0.0732. The maximum Gasteiger partial charge on any atom is 0.314 e. The van der Waals surface area contributed by atoms with Gasteiger partial charge in [0.05, 0.1) is 17.5 Å². The molecule has 7 nitrogen and oxygen atoms in total. The van der Waals surface area contributed by atoms with E-state index in [0.717, 1.165) is 31.4 Å².